The fourth-order valence-electron chi connectivity index (χ4n) is 2.91. The maximum Gasteiger partial charge on any atom is 0.414 e. The molecule has 1 aromatic carbocycles. The van der Waals surface area contributed by atoms with Crippen LogP contribution in [0.4, 0.5) is 13.2 Å². The molecule has 1 amide bonds. The Morgan fingerprint density at radius 1 is 1.39 bits per heavy atom. The Labute approximate surface area is 133 Å². The maximum absolute atomic E-state index is 12.5. The monoisotopic (exact) mass is 330 g/mol. The highest BCUT2D eigenvalue weighted by Crippen LogP contribution is 2.31. The standard InChI is InChI=1S/C16H21F3N2O2/c1-20-15(23)13-4-2-3-11(9-13)10-21-7-5-12(6-8-21)14(22)16(17,18)19/h2-4,9,12,14,22H,5-8,10H2,1H3,(H,20,23). The Balaban J connectivity index is 1.91. The Morgan fingerprint density at radius 2 is 2.04 bits per heavy atom. The van der Waals surface area contributed by atoms with E-state index in [1.54, 1.807) is 25.2 Å². The van der Waals surface area contributed by atoms with Crippen molar-refractivity contribution < 1.29 is 23.1 Å². The number of carbonyl (C=O) groups is 1. The zero-order valence-corrected chi connectivity index (χ0v) is 12.9. The van der Waals surface area contributed by atoms with Gasteiger partial charge in [-0.25, -0.2) is 0 Å². The SMILES string of the molecule is CNC(=O)c1cccc(CN2CCC(C(O)C(F)(F)F)CC2)c1. The summed E-state index contributed by atoms with van der Waals surface area (Å²) in [7, 11) is 1.56. The summed E-state index contributed by atoms with van der Waals surface area (Å²) in [4.78, 5) is 13.7. The second-order valence-corrected chi connectivity index (χ2v) is 5.88. The normalized spacial score (nSPS) is 18.7. The van der Waals surface area contributed by atoms with Crippen molar-refractivity contribution in [2.24, 2.45) is 5.92 Å². The van der Waals surface area contributed by atoms with Gasteiger partial charge in [0.05, 0.1) is 0 Å². The van der Waals surface area contributed by atoms with E-state index in [0.29, 0.717) is 38.0 Å². The lowest BCUT2D eigenvalue weighted by molar-refractivity contribution is -0.223. The third-order valence-electron chi connectivity index (χ3n) is 4.24. The summed E-state index contributed by atoms with van der Waals surface area (Å²) in [6.45, 7) is 1.59. The number of carbonyl (C=O) groups excluding carboxylic acids is 1. The molecule has 2 N–H and O–H groups in total. The quantitative estimate of drug-likeness (QED) is 0.890. The Kier molecular flexibility index (Phi) is 5.64. The van der Waals surface area contributed by atoms with E-state index >= 15 is 0 Å². The third-order valence-corrected chi connectivity index (χ3v) is 4.24. The van der Waals surface area contributed by atoms with E-state index < -0.39 is 18.2 Å². The molecule has 4 nitrogen and oxygen atoms in total. The molecule has 0 radical (unpaired) electrons. The molecule has 0 spiro atoms. The van der Waals surface area contributed by atoms with Gasteiger partial charge in [0.25, 0.3) is 5.91 Å². The number of hydrogen-bond acceptors (Lipinski definition) is 3. The molecule has 1 aliphatic heterocycles. The van der Waals surface area contributed by atoms with E-state index in [-0.39, 0.29) is 5.91 Å². The van der Waals surface area contributed by atoms with Crippen LogP contribution in [0.3, 0.4) is 0 Å². The van der Waals surface area contributed by atoms with Crippen LogP contribution in [0.25, 0.3) is 0 Å². The van der Waals surface area contributed by atoms with Gasteiger partial charge in [0, 0.05) is 19.2 Å². The summed E-state index contributed by atoms with van der Waals surface area (Å²) in [6.07, 6.45) is -6.15. The number of nitrogens with zero attached hydrogens (tertiary/aromatic N) is 1. The van der Waals surface area contributed by atoms with E-state index in [9.17, 15) is 23.1 Å². The van der Waals surface area contributed by atoms with Crippen LogP contribution in [0, 0.1) is 5.92 Å². The zero-order chi connectivity index (χ0) is 17.0. The van der Waals surface area contributed by atoms with Crippen LogP contribution in [-0.2, 0) is 6.54 Å². The van der Waals surface area contributed by atoms with Crippen LogP contribution < -0.4 is 5.32 Å². The van der Waals surface area contributed by atoms with Gasteiger partial charge in [-0.15, -0.1) is 0 Å². The van der Waals surface area contributed by atoms with Crippen molar-refractivity contribution in [2.75, 3.05) is 20.1 Å². The third kappa shape index (κ3) is 4.68. The second-order valence-electron chi connectivity index (χ2n) is 5.88. The molecule has 128 valence electrons. The largest absolute Gasteiger partial charge is 0.414 e. The van der Waals surface area contributed by atoms with Gasteiger partial charge in [-0.2, -0.15) is 13.2 Å². The van der Waals surface area contributed by atoms with Gasteiger partial charge in [-0.05, 0) is 49.5 Å². The van der Waals surface area contributed by atoms with Gasteiger partial charge in [0.2, 0.25) is 0 Å². The minimum absolute atomic E-state index is 0.168. The maximum atomic E-state index is 12.5. The first kappa shape index (κ1) is 17.7. The van der Waals surface area contributed by atoms with Crippen LogP contribution in [0.1, 0.15) is 28.8 Å². The number of piperidine rings is 1. The smallest absolute Gasteiger partial charge is 0.383 e. The lowest BCUT2D eigenvalue weighted by Crippen LogP contribution is -2.43. The average Bonchev–Trinajstić information content (AvgIpc) is 2.53. The number of aliphatic hydroxyl groups excluding tert-OH is 1. The molecule has 1 heterocycles. The molecule has 1 unspecified atom stereocenters. The molecule has 1 fully saturated rings. The molecule has 1 atom stereocenters. The van der Waals surface area contributed by atoms with Gasteiger partial charge in [0.1, 0.15) is 0 Å². The van der Waals surface area contributed by atoms with Gasteiger partial charge < -0.3 is 10.4 Å². The lowest BCUT2D eigenvalue weighted by atomic mass is 9.90. The van der Waals surface area contributed by atoms with E-state index in [2.05, 4.69) is 5.32 Å². The van der Waals surface area contributed by atoms with Crippen LogP contribution in [0.5, 0.6) is 0 Å². The predicted octanol–water partition coefficient (Wildman–Crippen LogP) is 2.18. The number of benzene rings is 1. The zero-order valence-electron chi connectivity index (χ0n) is 12.9. The van der Waals surface area contributed by atoms with E-state index in [1.807, 2.05) is 11.0 Å². The number of aliphatic hydroxyl groups is 1. The molecule has 0 aromatic heterocycles. The van der Waals surface area contributed by atoms with E-state index in [1.165, 1.54) is 0 Å². The number of amides is 1. The van der Waals surface area contributed by atoms with Crippen molar-refractivity contribution in [2.45, 2.75) is 31.7 Å². The molecule has 0 saturated carbocycles. The van der Waals surface area contributed by atoms with Crippen LogP contribution in [-0.4, -0.2) is 48.3 Å². The fourth-order valence-corrected chi connectivity index (χ4v) is 2.91. The highest BCUT2D eigenvalue weighted by atomic mass is 19.4. The molecule has 23 heavy (non-hydrogen) atoms. The highest BCUT2D eigenvalue weighted by Gasteiger charge is 2.44. The highest BCUT2D eigenvalue weighted by molar-refractivity contribution is 5.94. The summed E-state index contributed by atoms with van der Waals surface area (Å²) in [5.74, 6) is -0.901. The summed E-state index contributed by atoms with van der Waals surface area (Å²) in [6, 6.07) is 7.19. The van der Waals surface area contributed by atoms with Gasteiger partial charge >= 0.3 is 6.18 Å². The van der Waals surface area contributed by atoms with E-state index in [4.69, 9.17) is 0 Å². The molecule has 1 aromatic rings. The lowest BCUT2D eigenvalue weighted by Gasteiger charge is -2.34. The summed E-state index contributed by atoms with van der Waals surface area (Å²) < 4.78 is 37.6. The van der Waals surface area contributed by atoms with Crippen molar-refractivity contribution >= 4 is 5.91 Å². The average molecular weight is 330 g/mol. The Morgan fingerprint density at radius 3 is 2.61 bits per heavy atom. The molecule has 7 heteroatoms. The second kappa shape index (κ2) is 7.31. The summed E-state index contributed by atoms with van der Waals surface area (Å²) in [5, 5.41) is 11.9. The molecule has 2 rings (SSSR count). The first-order chi connectivity index (χ1) is 10.8. The number of likely N-dealkylation sites (tertiary alicyclic amines) is 1. The van der Waals surface area contributed by atoms with Crippen molar-refractivity contribution in [1.29, 1.82) is 0 Å². The first-order valence-electron chi connectivity index (χ1n) is 7.59. The van der Waals surface area contributed by atoms with Crippen molar-refractivity contribution in [3.05, 3.63) is 35.4 Å². The number of rotatable bonds is 4. The predicted molar refractivity (Wildman–Crippen MR) is 79.9 cm³/mol. The molecule has 1 aliphatic rings. The number of hydrogen-bond donors (Lipinski definition) is 2. The van der Waals surface area contributed by atoms with Gasteiger partial charge in [-0.1, -0.05) is 12.1 Å². The Bertz CT molecular complexity index is 540. The molecule has 0 bridgehead atoms. The number of nitrogens with one attached hydrogen (secondary N) is 1. The van der Waals surface area contributed by atoms with Crippen LogP contribution >= 0.6 is 0 Å². The number of halogens is 3. The number of alkyl halides is 3. The topological polar surface area (TPSA) is 52.6 Å². The van der Waals surface area contributed by atoms with Gasteiger partial charge in [0.15, 0.2) is 6.10 Å². The Hall–Kier alpha value is -1.60. The van der Waals surface area contributed by atoms with Crippen molar-refractivity contribution in [1.82, 2.24) is 10.2 Å². The van der Waals surface area contributed by atoms with Crippen molar-refractivity contribution in [3.8, 4) is 0 Å². The minimum atomic E-state index is -4.55. The fraction of sp³-hybridized carbons (Fsp3) is 0.562. The molecular formula is C16H21F3N2O2. The molecule has 0 aliphatic carbocycles. The van der Waals surface area contributed by atoms with E-state index in [0.717, 1.165) is 5.56 Å². The van der Waals surface area contributed by atoms with Crippen LogP contribution in [0.2, 0.25) is 0 Å². The molecular weight excluding hydrogens is 309 g/mol. The van der Waals surface area contributed by atoms with Crippen molar-refractivity contribution in [3.63, 3.8) is 0 Å². The molecule has 1 saturated heterocycles. The van der Waals surface area contributed by atoms with Gasteiger partial charge in [-0.3, -0.25) is 9.69 Å². The first-order valence-corrected chi connectivity index (χ1v) is 7.59. The van der Waals surface area contributed by atoms with Crippen LogP contribution in [0.15, 0.2) is 24.3 Å². The summed E-state index contributed by atoms with van der Waals surface area (Å²) >= 11 is 0. The minimum Gasteiger partial charge on any atom is -0.383 e. The summed E-state index contributed by atoms with van der Waals surface area (Å²) in [5.41, 5.74) is 1.51.